The zero-order valence-electron chi connectivity index (χ0n) is 15.2. The zero-order chi connectivity index (χ0) is 20.8. The maximum atomic E-state index is 12.1. The van der Waals surface area contributed by atoms with Crippen LogP contribution in [0.15, 0.2) is 36.4 Å². The van der Waals surface area contributed by atoms with Crippen molar-refractivity contribution in [1.82, 2.24) is 0 Å². The third-order valence-electron chi connectivity index (χ3n) is 3.99. The van der Waals surface area contributed by atoms with Crippen molar-refractivity contribution in [2.75, 3.05) is 10.6 Å². The molecule has 10 nitrogen and oxygen atoms in total. The third-order valence-corrected chi connectivity index (χ3v) is 3.99. The van der Waals surface area contributed by atoms with Crippen molar-refractivity contribution in [3.05, 3.63) is 67.8 Å². The van der Waals surface area contributed by atoms with Gasteiger partial charge in [0, 0.05) is 37.1 Å². The number of hydrogen-bond donors (Lipinski definition) is 2. The Hall–Kier alpha value is -3.82. The van der Waals surface area contributed by atoms with Crippen molar-refractivity contribution in [1.29, 1.82) is 0 Å². The van der Waals surface area contributed by atoms with Crippen LogP contribution in [0.4, 0.5) is 22.7 Å². The number of rotatable bonds is 7. The lowest BCUT2D eigenvalue weighted by atomic mass is 10.1. The van der Waals surface area contributed by atoms with Gasteiger partial charge in [0.05, 0.1) is 21.2 Å². The van der Waals surface area contributed by atoms with Gasteiger partial charge in [-0.2, -0.15) is 0 Å². The molecule has 0 unspecified atom stereocenters. The zero-order valence-corrected chi connectivity index (χ0v) is 15.2. The van der Waals surface area contributed by atoms with Gasteiger partial charge in [0.1, 0.15) is 0 Å². The normalized spacial score (nSPS) is 10.2. The average Bonchev–Trinajstić information content (AvgIpc) is 2.63. The standard InChI is InChI=1S/C18H18N4O6/c1-11-3-5-13(21(25)26)9-15(11)19-17(23)7-8-18(24)20-16-10-14(22(27)28)6-4-12(16)2/h3-6,9-10H,7-8H2,1-2H3,(H,19,23)(H,20,24). The predicted molar refractivity (Wildman–Crippen MR) is 102 cm³/mol. The average molecular weight is 386 g/mol. The Kier molecular flexibility index (Phi) is 6.38. The Bertz CT molecular complexity index is 880. The van der Waals surface area contributed by atoms with Gasteiger partial charge in [-0.1, -0.05) is 12.1 Å². The van der Waals surface area contributed by atoms with Crippen LogP contribution in [0.3, 0.4) is 0 Å². The van der Waals surface area contributed by atoms with E-state index in [2.05, 4.69) is 10.6 Å². The first-order valence-corrected chi connectivity index (χ1v) is 8.27. The molecule has 0 atom stereocenters. The molecule has 2 aromatic rings. The minimum atomic E-state index is -0.566. The summed E-state index contributed by atoms with van der Waals surface area (Å²) in [4.78, 5) is 44.7. The number of nitrogens with one attached hydrogen (secondary N) is 2. The maximum absolute atomic E-state index is 12.1. The maximum Gasteiger partial charge on any atom is 0.271 e. The molecule has 0 aliphatic heterocycles. The number of nitro benzene ring substituents is 2. The molecule has 0 saturated carbocycles. The highest BCUT2D eigenvalue weighted by molar-refractivity contribution is 5.97. The fraction of sp³-hybridized carbons (Fsp3) is 0.222. The molecule has 0 spiro atoms. The topological polar surface area (TPSA) is 144 Å². The van der Waals surface area contributed by atoms with E-state index in [1.54, 1.807) is 13.8 Å². The Morgan fingerprint density at radius 3 is 1.46 bits per heavy atom. The number of aryl methyl sites for hydroxylation is 2. The second kappa shape index (κ2) is 8.71. The molecule has 0 heterocycles. The number of anilines is 2. The summed E-state index contributed by atoms with van der Waals surface area (Å²) in [5.74, 6) is -0.955. The van der Waals surface area contributed by atoms with Gasteiger partial charge < -0.3 is 10.6 Å². The van der Waals surface area contributed by atoms with Gasteiger partial charge >= 0.3 is 0 Å². The van der Waals surface area contributed by atoms with Gasteiger partial charge in [-0.3, -0.25) is 29.8 Å². The van der Waals surface area contributed by atoms with E-state index in [0.29, 0.717) is 22.5 Å². The lowest BCUT2D eigenvalue weighted by Crippen LogP contribution is -2.18. The van der Waals surface area contributed by atoms with Crippen LogP contribution in [-0.4, -0.2) is 21.7 Å². The molecule has 0 radical (unpaired) electrons. The van der Waals surface area contributed by atoms with E-state index in [-0.39, 0.29) is 24.2 Å². The molecule has 0 aliphatic rings. The van der Waals surface area contributed by atoms with Crippen LogP contribution in [0.25, 0.3) is 0 Å². The van der Waals surface area contributed by atoms with Crippen LogP contribution in [0, 0.1) is 34.1 Å². The number of carbonyl (C=O) groups excluding carboxylic acids is 2. The third kappa shape index (κ3) is 5.34. The predicted octanol–water partition coefficient (Wildman–Crippen LogP) is 3.48. The molecule has 2 amide bonds. The molecule has 0 fully saturated rings. The minimum absolute atomic E-state index is 0.151. The summed E-state index contributed by atoms with van der Waals surface area (Å²) in [6.07, 6.45) is -0.302. The van der Waals surface area contributed by atoms with Crippen molar-refractivity contribution < 1.29 is 19.4 Å². The number of hydrogen-bond acceptors (Lipinski definition) is 6. The van der Waals surface area contributed by atoms with Crippen molar-refractivity contribution in [3.63, 3.8) is 0 Å². The number of nitrogens with zero attached hydrogens (tertiary/aromatic N) is 2. The largest absolute Gasteiger partial charge is 0.326 e. The van der Waals surface area contributed by atoms with Gasteiger partial charge in [0.2, 0.25) is 11.8 Å². The minimum Gasteiger partial charge on any atom is -0.326 e. The highest BCUT2D eigenvalue weighted by Gasteiger charge is 2.14. The monoisotopic (exact) mass is 386 g/mol. The molecule has 0 bridgehead atoms. The van der Waals surface area contributed by atoms with Crippen LogP contribution in [0.1, 0.15) is 24.0 Å². The van der Waals surface area contributed by atoms with Crippen molar-refractivity contribution in [3.8, 4) is 0 Å². The molecule has 0 aromatic heterocycles. The van der Waals surface area contributed by atoms with E-state index >= 15 is 0 Å². The van der Waals surface area contributed by atoms with Gasteiger partial charge in [0.25, 0.3) is 11.4 Å². The number of carbonyl (C=O) groups is 2. The number of non-ortho nitro benzene ring substituents is 2. The first kappa shape index (κ1) is 20.5. The van der Waals surface area contributed by atoms with E-state index in [1.165, 1.54) is 36.4 Å². The highest BCUT2D eigenvalue weighted by atomic mass is 16.6. The van der Waals surface area contributed by atoms with Gasteiger partial charge in [0.15, 0.2) is 0 Å². The SMILES string of the molecule is Cc1ccc([N+](=O)[O-])cc1NC(=O)CCC(=O)Nc1cc([N+](=O)[O-])ccc1C. The summed E-state index contributed by atoms with van der Waals surface area (Å²) in [5.41, 5.74) is 1.59. The smallest absolute Gasteiger partial charge is 0.271 e. The summed E-state index contributed by atoms with van der Waals surface area (Å²) < 4.78 is 0. The fourth-order valence-electron chi connectivity index (χ4n) is 2.37. The number of benzene rings is 2. The van der Waals surface area contributed by atoms with E-state index in [1.807, 2.05) is 0 Å². The first-order valence-electron chi connectivity index (χ1n) is 8.27. The van der Waals surface area contributed by atoms with Crippen LogP contribution >= 0.6 is 0 Å². The molecule has 146 valence electrons. The molecular formula is C18H18N4O6. The molecule has 0 aliphatic carbocycles. The van der Waals surface area contributed by atoms with E-state index in [0.717, 1.165) is 0 Å². The van der Waals surface area contributed by atoms with Gasteiger partial charge in [-0.05, 0) is 25.0 Å². The lowest BCUT2D eigenvalue weighted by molar-refractivity contribution is -0.385. The van der Waals surface area contributed by atoms with Crippen molar-refractivity contribution in [2.45, 2.75) is 26.7 Å². The van der Waals surface area contributed by atoms with Crippen LogP contribution in [-0.2, 0) is 9.59 Å². The summed E-state index contributed by atoms with van der Waals surface area (Å²) in [6, 6.07) is 8.20. The lowest BCUT2D eigenvalue weighted by Gasteiger charge is -2.10. The second-order valence-electron chi connectivity index (χ2n) is 6.11. The molecule has 2 N–H and O–H groups in total. The first-order chi connectivity index (χ1) is 13.2. The number of nitro groups is 2. The summed E-state index contributed by atoms with van der Waals surface area (Å²) >= 11 is 0. The molecule has 2 rings (SSSR count). The van der Waals surface area contributed by atoms with Gasteiger partial charge in [-0.25, -0.2) is 0 Å². The Morgan fingerprint density at radius 2 is 1.14 bits per heavy atom. The van der Waals surface area contributed by atoms with Crippen molar-refractivity contribution in [2.24, 2.45) is 0 Å². The quantitative estimate of drug-likeness (QED) is 0.550. The van der Waals surface area contributed by atoms with Crippen LogP contribution in [0.5, 0.6) is 0 Å². The van der Waals surface area contributed by atoms with Gasteiger partial charge in [-0.15, -0.1) is 0 Å². The Labute approximate surface area is 159 Å². The second-order valence-corrected chi connectivity index (χ2v) is 6.11. The number of amides is 2. The molecule has 10 heteroatoms. The van der Waals surface area contributed by atoms with Crippen LogP contribution in [0.2, 0.25) is 0 Å². The molecule has 2 aromatic carbocycles. The summed E-state index contributed by atoms with van der Waals surface area (Å²) in [6.45, 7) is 3.38. The Balaban J connectivity index is 1.95. The van der Waals surface area contributed by atoms with Crippen molar-refractivity contribution >= 4 is 34.6 Å². The fourth-order valence-corrected chi connectivity index (χ4v) is 2.37. The Morgan fingerprint density at radius 1 is 0.786 bits per heavy atom. The highest BCUT2D eigenvalue weighted by Crippen LogP contribution is 2.23. The molecule has 28 heavy (non-hydrogen) atoms. The van der Waals surface area contributed by atoms with E-state index in [9.17, 15) is 29.8 Å². The summed E-state index contributed by atoms with van der Waals surface area (Å²) in [7, 11) is 0. The molecule has 0 saturated heterocycles. The van der Waals surface area contributed by atoms with E-state index in [4.69, 9.17) is 0 Å². The summed E-state index contributed by atoms with van der Waals surface area (Å²) in [5, 5.41) is 26.8. The van der Waals surface area contributed by atoms with Crippen LogP contribution < -0.4 is 10.6 Å². The molecular weight excluding hydrogens is 368 g/mol. The van der Waals surface area contributed by atoms with E-state index < -0.39 is 21.7 Å².